The fraction of sp³-hybridized carbons (Fsp3) is 0.182. The molecule has 0 fully saturated rings. The molecule has 5 nitrogen and oxygen atoms in total. The molecule has 2 N–H and O–H groups in total. The number of aromatic nitrogens is 4. The molecule has 0 aromatic carbocycles. The maximum atomic E-state index is 4.53. The highest BCUT2D eigenvalue weighted by Gasteiger charge is 2.11. The van der Waals surface area contributed by atoms with Gasteiger partial charge in [-0.3, -0.25) is 0 Å². The van der Waals surface area contributed by atoms with E-state index >= 15 is 0 Å². The highest BCUT2D eigenvalue weighted by Crippen LogP contribution is 2.32. The van der Waals surface area contributed by atoms with Crippen LogP contribution in [0, 0.1) is 0 Å². The van der Waals surface area contributed by atoms with Crippen molar-refractivity contribution in [2.75, 3.05) is 11.9 Å². The predicted octanol–water partition coefficient (Wildman–Crippen LogP) is 3.00. The Hall–Kier alpha value is -1.60. The molecule has 0 unspecified atom stereocenters. The SMILES string of the molecule is CCNc1nc(Sc2ncc[nH]2)c2ccsc2n1. The first-order valence-electron chi connectivity index (χ1n) is 5.53. The number of fused-ring (bicyclic) bond motifs is 1. The van der Waals surface area contributed by atoms with Gasteiger partial charge >= 0.3 is 0 Å². The second-order valence-corrected chi connectivity index (χ2v) is 5.39. The summed E-state index contributed by atoms with van der Waals surface area (Å²) in [7, 11) is 0. The minimum atomic E-state index is 0.668. The van der Waals surface area contributed by atoms with Gasteiger partial charge in [-0.2, -0.15) is 0 Å². The smallest absolute Gasteiger partial charge is 0.225 e. The largest absolute Gasteiger partial charge is 0.354 e. The van der Waals surface area contributed by atoms with Gasteiger partial charge < -0.3 is 10.3 Å². The molecule has 0 bridgehead atoms. The van der Waals surface area contributed by atoms with Gasteiger partial charge in [-0.15, -0.1) is 11.3 Å². The summed E-state index contributed by atoms with van der Waals surface area (Å²) in [5, 5.41) is 8.01. The molecule has 0 atom stereocenters. The van der Waals surface area contributed by atoms with Gasteiger partial charge in [0.1, 0.15) is 9.86 Å². The van der Waals surface area contributed by atoms with E-state index < -0.39 is 0 Å². The summed E-state index contributed by atoms with van der Waals surface area (Å²) in [4.78, 5) is 17.3. The predicted molar refractivity (Wildman–Crippen MR) is 74.3 cm³/mol. The third-order valence-corrected chi connectivity index (χ3v) is 4.02. The lowest BCUT2D eigenvalue weighted by atomic mass is 10.4. The van der Waals surface area contributed by atoms with Crippen LogP contribution in [-0.4, -0.2) is 26.5 Å². The number of anilines is 1. The molecule has 0 radical (unpaired) electrons. The molecule has 3 rings (SSSR count). The van der Waals surface area contributed by atoms with E-state index in [2.05, 4.69) is 25.3 Å². The van der Waals surface area contributed by atoms with Crippen molar-refractivity contribution < 1.29 is 0 Å². The number of rotatable bonds is 4. The monoisotopic (exact) mass is 277 g/mol. The Balaban J connectivity index is 2.04. The van der Waals surface area contributed by atoms with E-state index in [1.807, 2.05) is 18.4 Å². The fourth-order valence-electron chi connectivity index (χ4n) is 1.54. The first-order valence-corrected chi connectivity index (χ1v) is 7.23. The second kappa shape index (κ2) is 4.95. The van der Waals surface area contributed by atoms with Crippen LogP contribution >= 0.6 is 23.1 Å². The summed E-state index contributed by atoms with van der Waals surface area (Å²) < 4.78 is 0. The number of thiophene rings is 1. The van der Waals surface area contributed by atoms with E-state index in [0.717, 1.165) is 26.9 Å². The molecule has 3 aromatic rings. The van der Waals surface area contributed by atoms with Crippen LogP contribution in [0.5, 0.6) is 0 Å². The zero-order chi connectivity index (χ0) is 12.4. The van der Waals surface area contributed by atoms with Crippen molar-refractivity contribution in [2.24, 2.45) is 0 Å². The van der Waals surface area contributed by atoms with E-state index in [9.17, 15) is 0 Å². The number of nitrogens with zero attached hydrogens (tertiary/aromatic N) is 3. The van der Waals surface area contributed by atoms with Crippen LogP contribution in [0.25, 0.3) is 10.2 Å². The van der Waals surface area contributed by atoms with E-state index in [1.54, 1.807) is 23.7 Å². The quantitative estimate of drug-likeness (QED) is 0.718. The van der Waals surface area contributed by atoms with Gasteiger partial charge in [0.15, 0.2) is 5.16 Å². The van der Waals surface area contributed by atoms with Gasteiger partial charge in [0.2, 0.25) is 5.95 Å². The highest BCUT2D eigenvalue weighted by atomic mass is 32.2. The van der Waals surface area contributed by atoms with Crippen molar-refractivity contribution in [3.05, 3.63) is 23.8 Å². The number of hydrogen-bond donors (Lipinski definition) is 2. The molecule has 0 spiro atoms. The van der Waals surface area contributed by atoms with Gasteiger partial charge in [0, 0.05) is 24.3 Å². The number of H-pyrrole nitrogens is 1. The van der Waals surface area contributed by atoms with E-state index in [0.29, 0.717) is 5.95 Å². The molecular formula is C11H11N5S2. The van der Waals surface area contributed by atoms with Crippen molar-refractivity contribution >= 4 is 39.3 Å². The molecule has 3 heterocycles. The lowest BCUT2D eigenvalue weighted by molar-refractivity contribution is 1.03. The molecule has 3 aromatic heterocycles. The van der Waals surface area contributed by atoms with Crippen molar-refractivity contribution in [3.8, 4) is 0 Å². The van der Waals surface area contributed by atoms with Crippen molar-refractivity contribution in [1.29, 1.82) is 0 Å². The molecule has 0 saturated heterocycles. The van der Waals surface area contributed by atoms with Crippen LogP contribution in [0.15, 0.2) is 34.0 Å². The lowest BCUT2D eigenvalue weighted by Gasteiger charge is -2.04. The number of hydrogen-bond acceptors (Lipinski definition) is 6. The normalized spacial score (nSPS) is 10.9. The molecule has 0 amide bonds. The maximum absolute atomic E-state index is 4.53. The van der Waals surface area contributed by atoms with Crippen LogP contribution < -0.4 is 5.32 Å². The molecule has 0 saturated carbocycles. The average Bonchev–Trinajstić information content (AvgIpc) is 2.99. The van der Waals surface area contributed by atoms with Crippen LogP contribution in [0.1, 0.15) is 6.92 Å². The fourth-order valence-corrected chi connectivity index (χ4v) is 3.20. The number of imidazole rings is 1. The molecule has 7 heteroatoms. The summed E-state index contributed by atoms with van der Waals surface area (Å²) in [5.74, 6) is 0.668. The standard InChI is InChI=1S/C11H11N5S2/c1-2-12-10-15-8-7(3-6-17-8)9(16-10)18-11-13-4-5-14-11/h3-6H,2H2,1H3,(H,13,14)(H,12,15,16). The topological polar surface area (TPSA) is 66.5 Å². The maximum Gasteiger partial charge on any atom is 0.225 e. The Kier molecular flexibility index (Phi) is 3.16. The van der Waals surface area contributed by atoms with Crippen molar-refractivity contribution in [2.45, 2.75) is 17.1 Å². The Morgan fingerprint density at radius 2 is 2.39 bits per heavy atom. The minimum absolute atomic E-state index is 0.668. The van der Waals surface area contributed by atoms with E-state index in [-0.39, 0.29) is 0 Å². The Morgan fingerprint density at radius 3 is 3.17 bits per heavy atom. The van der Waals surface area contributed by atoms with Crippen molar-refractivity contribution in [3.63, 3.8) is 0 Å². The number of nitrogens with one attached hydrogen (secondary N) is 2. The third kappa shape index (κ3) is 2.19. The lowest BCUT2D eigenvalue weighted by Crippen LogP contribution is -2.02. The summed E-state index contributed by atoms with van der Waals surface area (Å²) >= 11 is 3.14. The van der Waals surface area contributed by atoms with Crippen LogP contribution in [-0.2, 0) is 0 Å². The van der Waals surface area contributed by atoms with Gasteiger partial charge in [0.05, 0.1) is 0 Å². The Morgan fingerprint density at radius 1 is 1.44 bits per heavy atom. The molecule has 0 aliphatic rings. The summed E-state index contributed by atoms with van der Waals surface area (Å²) in [6, 6.07) is 2.04. The minimum Gasteiger partial charge on any atom is -0.354 e. The molecular weight excluding hydrogens is 266 g/mol. The number of aromatic amines is 1. The Labute approximate surface area is 112 Å². The van der Waals surface area contributed by atoms with Gasteiger partial charge in [-0.1, -0.05) is 0 Å². The first kappa shape index (κ1) is 11.5. The molecule has 0 aliphatic heterocycles. The summed E-state index contributed by atoms with van der Waals surface area (Å²) in [6.07, 6.45) is 3.54. The second-order valence-electron chi connectivity index (χ2n) is 3.52. The highest BCUT2D eigenvalue weighted by molar-refractivity contribution is 7.99. The molecule has 92 valence electrons. The van der Waals surface area contributed by atoms with Gasteiger partial charge in [-0.05, 0) is 30.1 Å². The van der Waals surface area contributed by atoms with Gasteiger partial charge in [0.25, 0.3) is 0 Å². The first-order chi connectivity index (χ1) is 8.86. The van der Waals surface area contributed by atoms with E-state index in [1.165, 1.54) is 11.8 Å². The van der Waals surface area contributed by atoms with E-state index in [4.69, 9.17) is 0 Å². The molecule has 0 aliphatic carbocycles. The summed E-state index contributed by atoms with van der Waals surface area (Å²) in [5.41, 5.74) is 0. The van der Waals surface area contributed by atoms with Gasteiger partial charge in [-0.25, -0.2) is 15.0 Å². The Bertz CT molecular complexity index is 647. The summed E-state index contributed by atoms with van der Waals surface area (Å²) in [6.45, 7) is 2.84. The third-order valence-electron chi connectivity index (χ3n) is 2.29. The zero-order valence-corrected chi connectivity index (χ0v) is 11.3. The van der Waals surface area contributed by atoms with Crippen LogP contribution in [0.4, 0.5) is 5.95 Å². The van der Waals surface area contributed by atoms with Crippen LogP contribution in [0.3, 0.4) is 0 Å². The van der Waals surface area contributed by atoms with Crippen LogP contribution in [0.2, 0.25) is 0 Å². The van der Waals surface area contributed by atoms with Crippen molar-refractivity contribution in [1.82, 2.24) is 19.9 Å². The molecule has 18 heavy (non-hydrogen) atoms. The zero-order valence-electron chi connectivity index (χ0n) is 9.67. The average molecular weight is 277 g/mol.